The molecule has 0 amide bonds. The van der Waals surface area contributed by atoms with Crippen LogP contribution in [0, 0.1) is 12.8 Å². The van der Waals surface area contributed by atoms with Crippen LogP contribution in [-0.2, 0) is 11.3 Å². The highest BCUT2D eigenvalue weighted by Gasteiger charge is 2.22. The first-order valence-electron chi connectivity index (χ1n) is 9.70. The number of hydrogen-bond acceptors (Lipinski definition) is 3. The van der Waals surface area contributed by atoms with Gasteiger partial charge in [0.25, 0.3) is 5.56 Å². The number of thiocarbonyl (C=S) groups is 1. The van der Waals surface area contributed by atoms with Crippen molar-refractivity contribution >= 4 is 28.2 Å². The molecule has 3 rings (SSSR count). The Labute approximate surface area is 166 Å². The van der Waals surface area contributed by atoms with Crippen LogP contribution in [0.1, 0.15) is 37.8 Å². The Bertz CT molecular complexity index is 856. The van der Waals surface area contributed by atoms with Crippen LogP contribution in [0.25, 0.3) is 10.9 Å². The van der Waals surface area contributed by atoms with Gasteiger partial charge in [-0.25, -0.2) is 0 Å². The molecule has 6 heteroatoms. The molecule has 1 aromatic heterocycles. The number of aromatic amines is 1. The molecule has 2 aromatic rings. The van der Waals surface area contributed by atoms with Gasteiger partial charge in [-0.2, -0.15) is 0 Å². The molecule has 1 saturated heterocycles. The van der Waals surface area contributed by atoms with Gasteiger partial charge in [-0.15, -0.1) is 0 Å². The highest BCUT2D eigenvalue weighted by molar-refractivity contribution is 7.80. The molecule has 1 aliphatic heterocycles. The van der Waals surface area contributed by atoms with Crippen molar-refractivity contribution < 1.29 is 4.74 Å². The summed E-state index contributed by atoms with van der Waals surface area (Å²) in [6, 6.07) is 8.03. The molecule has 0 aliphatic carbocycles. The van der Waals surface area contributed by atoms with Crippen LogP contribution in [0.4, 0.5) is 0 Å². The van der Waals surface area contributed by atoms with E-state index in [0.717, 1.165) is 48.0 Å². The minimum absolute atomic E-state index is 0.0548. The number of H-pyrrole nitrogens is 1. The SMILES string of the molecule is Cc1cccc2cc(CN(C[C@@H]3CCCO3)C(=S)NCC(C)C)c(=O)[nH]c12. The number of nitrogens with zero attached hydrogens (tertiary/aromatic N) is 1. The molecule has 5 nitrogen and oxygen atoms in total. The Morgan fingerprint density at radius 1 is 1.44 bits per heavy atom. The number of benzene rings is 1. The lowest BCUT2D eigenvalue weighted by atomic mass is 10.1. The summed E-state index contributed by atoms with van der Waals surface area (Å²) in [5, 5.41) is 5.06. The van der Waals surface area contributed by atoms with E-state index in [1.807, 2.05) is 31.2 Å². The zero-order chi connectivity index (χ0) is 19.4. The standard InChI is InChI=1S/C21H29N3O2S/c1-14(2)11-22-21(27)24(13-18-8-5-9-26-18)12-17-10-16-7-4-6-15(3)19(16)23-20(17)25/h4,6-7,10,14,18H,5,8-9,11-13H2,1-3H3,(H,22,27)(H,23,25)/t18-/m0/s1. The molecule has 1 aromatic carbocycles. The summed E-state index contributed by atoms with van der Waals surface area (Å²) in [7, 11) is 0. The highest BCUT2D eigenvalue weighted by Crippen LogP contribution is 2.18. The molecule has 0 unspecified atom stereocenters. The summed E-state index contributed by atoms with van der Waals surface area (Å²) in [6.45, 7) is 9.10. The summed E-state index contributed by atoms with van der Waals surface area (Å²) >= 11 is 5.63. The van der Waals surface area contributed by atoms with Crippen LogP contribution in [0.5, 0.6) is 0 Å². The monoisotopic (exact) mass is 387 g/mol. The smallest absolute Gasteiger partial charge is 0.253 e. The summed E-state index contributed by atoms with van der Waals surface area (Å²) < 4.78 is 5.80. The van der Waals surface area contributed by atoms with Gasteiger partial charge in [0, 0.05) is 25.3 Å². The Balaban J connectivity index is 1.83. The van der Waals surface area contributed by atoms with Crippen molar-refractivity contribution in [3.8, 4) is 0 Å². The largest absolute Gasteiger partial charge is 0.376 e. The maximum atomic E-state index is 12.7. The lowest BCUT2D eigenvalue weighted by Gasteiger charge is -2.28. The van der Waals surface area contributed by atoms with Gasteiger partial charge < -0.3 is 19.9 Å². The van der Waals surface area contributed by atoms with Gasteiger partial charge in [0.15, 0.2) is 5.11 Å². The zero-order valence-corrected chi connectivity index (χ0v) is 17.2. The number of nitrogens with one attached hydrogen (secondary N) is 2. The molecule has 0 saturated carbocycles. The third kappa shape index (κ3) is 5.08. The van der Waals surface area contributed by atoms with Crippen LogP contribution in [0.15, 0.2) is 29.1 Å². The van der Waals surface area contributed by atoms with Gasteiger partial charge in [-0.05, 0) is 54.9 Å². The molecule has 1 atom stereocenters. The topological polar surface area (TPSA) is 57.4 Å². The number of aryl methyl sites for hydroxylation is 1. The Morgan fingerprint density at radius 2 is 2.26 bits per heavy atom. The number of ether oxygens (including phenoxy) is 1. The van der Waals surface area contributed by atoms with Gasteiger partial charge in [0.05, 0.1) is 18.2 Å². The predicted molar refractivity (Wildman–Crippen MR) is 114 cm³/mol. The van der Waals surface area contributed by atoms with Crippen LogP contribution in [0.3, 0.4) is 0 Å². The van der Waals surface area contributed by atoms with E-state index in [2.05, 4.69) is 29.0 Å². The Morgan fingerprint density at radius 3 is 2.96 bits per heavy atom. The maximum absolute atomic E-state index is 12.7. The average Bonchev–Trinajstić information content (AvgIpc) is 3.13. The van der Waals surface area contributed by atoms with Crippen molar-refractivity contribution in [2.75, 3.05) is 19.7 Å². The lowest BCUT2D eigenvalue weighted by Crippen LogP contribution is -2.44. The first-order chi connectivity index (χ1) is 12.9. The number of pyridine rings is 1. The molecule has 1 aliphatic rings. The van der Waals surface area contributed by atoms with Crippen molar-refractivity contribution in [1.29, 1.82) is 0 Å². The summed E-state index contributed by atoms with van der Waals surface area (Å²) in [6.07, 6.45) is 2.29. The van der Waals surface area contributed by atoms with Crippen molar-refractivity contribution in [3.63, 3.8) is 0 Å². The highest BCUT2D eigenvalue weighted by atomic mass is 32.1. The molecular weight excluding hydrogens is 358 g/mol. The molecule has 27 heavy (non-hydrogen) atoms. The molecule has 146 valence electrons. The van der Waals surface area contributed by atoms with Gasteiger partial charge in [-0.3, -0.25) is 4.79 Å². The fraction of sp³-hybridized carbons (Fsp3) is 0.524. The van der Waals surface area contributed by atoms with E-state index in [9.17, 15) is 4.79 Å². The average molecular weight is 388 g/mol. The van der Waals surface area contributed by atoms with Gasteiger partial charge in [0.2, 0.25) is 0 Å². The van der Waals surface area contributed by atoms with E-state index in [0.29, 0.717) is 24.1 Å². The van der Waals surface area contributed by atoms with E-state index >= 15 is 0 Å². The molecule has 2 heterocycles. The normalized spacial score (nSPS) is 16.8. The van der Waals surface area contributed by atoms with Crippen molar-refractivity contribution in [2.24, 2.45) is 5.92 Å². The lowest BCUT2D eigenvalue weighted by molar-refractivity contribution is 0.0896. The molecule has 0 radical (unpaired) electrons. The van der Waals surface area contributed by atoms with Crippen LogP contribution < -0.4 is 10.9 Å². The Hall–Kier alpha value is -1.92. The van der Waals surface area contributed by atoms with Crippen LogP contribution in [-0.4, -0.2) is 40.8 Å². The quantitative estimate of drug-likeness (QED) is 0.745. The van der Waals surface area contributed by atoms with E-state index in [4.69, 9.17) is 17.0 Å². The number of rotatable bonds is 6. The van der Waals surface area contributed by atoms with Crippen molar-refractivity contribution in [3.05, 3.63) is 45.7 Å². The molecule has 1 fully saturated rings. The van der Waals surface area contributed by atoms with Gasteiger partial charge >= 0.3 is 0 Å². The van der Waals surface area contributed by atoms with Crippen molar-refractivity contribution in [2.45, 2.75) is 46.3 Å². The second-order valence-corrected chi connectivity index (χ2v) is 8.14. The van der Waals surface area contributed by atoms with Crippen LogP contribution >= 0.6 is 12.2 Å². The predicted octanol–water partition coefficient (Wildman–Crippen LogP) is 3.35. The fourth-order valence-electron chi connectivity index (χ4n) is 3.41. The first kappa shape index (κ1) is 19.8. The van der Waals surface area contributed by atoms with Crippen molar-refractivity contribution in [1.82, 2.24) is 15.2 Å². The third-order valence-electron chi connectivity index (χ3n) is 4.92. The number of hydrogen-bond donors (Lipinski definition) is 2. The second kappa shape index (κ2) is 8.85. The minimum Gasteiger partial charge on any atom is -0.376 e. The van der Waals surface area contributed by atoms with E-state index in [-0.39, 0.29) is 11.7 Å². The van der Waals surface area contributed by atoms with Gasteiger partial charge in [0.1, 0.15) is 0 Å². The third-order valence-corrected chi connectivity index (χ3v) is 5.33. The molecule has 0 bridgehead atoms. The second-order valence-electron chi connectivity index (χ2n) is 7.76. The first-order valence-corrected chi connectivity index (χ1v) is 10.1. The summed E-state index contributed by atoms with van der Waals surface area (Å²) in [4.78, 5) is 17.8. The number of aromatic nitrogens is 1. The fourth-order valence-corrected chi connectivity index (χ4v) is 3.63. The Kier molecular flexibility index (Phi) is 6.50. The number of fused-ring (bicyclic) bond motifs is 1. The minimum atomic E-state index is -0.0548. The van der Waals surface area contributed by atoms with E-state index in [1.165, 1.54) is 0 Å². The summed E-state index contributed by atoms with van der Waals surface area (Å²) in [5.41, 5.74) is 2.64. The molecular formula is C21H29N3O2S. The number of para-hydroxylation sites is 1. The molecule has 2 N–H and O–H groups in total. The molecule has 0 spiro atoms. The summed E-state index contributed by atoms with van der Waals surface area (Å²) in [5.74, 6) is 0.500. The zero-order valence-electron chi connectivity index (χ0n) is 16.4. The van der Waals surface area contributed by atoms with Gasteiger partial charge in [-0.1, -0.05) is 32.0 Å². The van der Waals surface area contributed by atoms with E-state index in [1.54, 1.807) is 0 Å². The maximum Gasteiger partial charge on any atom is 0.253 e. The van der Waals surface area contributed by atoms with E-state index < -0.39 is 0 Å². The van der Waals surface area contributed by atoms with Crippen LogP contribution in [0.2, 0.25) is 0 Å².